The van der Waals surface area contributed by atoms with Crippen molar-refractivity contribution in [3.8, 4) is 0 Å². The molecule has 2 nitrogen and oxygen atoms in total. The minimum Gasteiger partial charge on any atom is -0.399 e. The van der Waals surface area contributed by atoms with E-state index in [1.807, 2.05) is 32.1 Å². The fraction of sp³-hybridized carbons (Fsp3) is 0.571. The predicted molar refractivity (Wildman–Crippen MR) is 73.8 cm³/mol. The molecule has 0 aromatic rings. The van der Waals surface area contributed by atoms with Crippen LogP contribution in [0, 0.1) is 0 Å². The summed E-state index contributed by atoms with van der Waals surface area (Å²) in [6.07, 6.45) is 6.00. The lowest BCUT2D eigenvalue weighted by Crippen LogP contribution is -2.41. The van der Waals surface area contributed by atoms with E-state index in [2.05, 4.69) is 34.3 Å². The molecule has 17 heavy (non-hydrogen) atoms. The fourth-order valence-corrected chi connectivity index (χ4v) is 1.65. The van der Waals surface area contributed by atoms with Crippen molar-refractivity contribution in [1.29, 1.82) is 0 Å². The van der Waals surface area contributed by atoms with Crippen molar-refractivity contribution in [2.24, 2.45) is 0 Å². The third-order valence-corrected chi connectivity index (χ3v) is 3.30. The quantitative estimate of drug-likeness (QED) is 0.547. The lowest BCUT2D eigenvalue weighted by molar-refractivity contribution is 0.00578. The van der Waals surface area contributed by atoms with Gasteiger partial charge in [-0.05, 0) is 47.0 Å². The molecule has 0 aromatic carbocycles. The van der Waals surface area contributed by atoms with Gasteiger partial charge in [-0.15, -0.1) is 0 Å². The van der Waals surface area contributed by atoms with Crippen LogP contribution < -0.4 is 0 Å². The van der Waals surface area contributed by atoms with Gasteiger partial charge in [0.15, 0.2) is 0 Å². The van der Waals surface area contributed by atoms with Crippen molar-refractivity contribution < 1.29 is 9.31 Å². The van der Waals surface area contributed by atoms with Gasteiger partial charge in [-0.1, -0.05) is 30.4 Å². The highest BCUT2D eigenvalue weighted by Gasteiger charge is 2.51. The molecule has 0 amide bonds. The molecular weight excluding hydrogens is 211 g/mol. The molecule has 1 aliphatic heterocycles. The number of hydrogen-bond acceptors (Lipinski definition) is 2. The molecular formula is C14H23BO2. The zero-order valence-corrected chi connectivity index (χ0v) is 11.8. The van der Waals surface area contributed by atoms with E-state index in [0.29, 0.717) is 0 Å². The van der Waals surface area contributed by atoms with Crippen molar-refractivity contribution in [3.63, 3.8) is 0 Å². The van der Waals surface area contributed by atoms with Gasteiger partial charge in [0.25, 0.3) is 0 Å². The van der Waals surface area contributed by atoms with Crippen LogP contribution in [-0.2, 0) is 9.31 Å². The molecule has 0 bridgehead atoms. The number of hydrogen-bond donors (Lipinski definition) is 0. The summed E-state index contributed by atoms with van der Waals surface area (Å²) in [4.78, 5) is 0. The van der Waals surface area contributed by atoms with Crippen LogP contribution in [0.15, 0.2) is 35.9 Å². The molecule has 0 radical (unpaired) electrons. The molecule has 1 aliphatic rings. The molecule has 1 rings (SSSR count). The summed E-state index contributed by atoms with van der Waals surface area (Å²) >= 11 is 0. The summed E-state index contributed by atoms with van der Waals surface area (Å²) in [5, 5.41) is 0. The van der Waals surface area contributed by atoms with Gasteiger partial charge in [0, 0.05) is 0 Å². The number of rotatable bonds is 3. The Labute approximate surface area is 106 Å². The Bertz CT molecular complexity index is 348. The summed E-state index contributed by atoms with van der Waals surface area (Å²) in [6.45, 7) is 16.1. The van der Waals surface area contributed by atoms with Gasteiger partial charge in [0.2, 0.25) is 0 Å². The molecule has 1 fully saturated rings. The van der Waals surface area contributed by atoms with Crippen LogP contribution in [-0.4, -0.2) is 18.3 Å². The average molecular weight is 234 g/mol. The van der Waals surface area contributed by atoms with Crippen LogP contribution in [0.5, 0.6) is 0 Å². The molecule has 0 atom stereocenters. The Hall–Kier alpha value is -0.795. The highest BCUT2D eigenvalue weighted by atomic mass is 16.7. The summed E-state index contributed by atoms with van der Waals surface area (Å²) in [7, 11) is -0.312. The van der Waals surface area contributed by atoms with Gasteiger partial charge < -0.3 is 9.31 Å². The van der Waals surface area contributed by atoms with Gasteiger partial charge in [-0.3, -0.25) is 0 Å². The standard InChI is InChI=1S/C14H23BO2/c1-8-9-12(10-11(2)3)15-16-13(4,5)14(6,7)17-15/h8-10H,2H2,1,3-7H3. The average Bonchev–Trinajstić information content (AvgIpc) is 2.34. The summed E-state index contributed by atoms with van der Waals surface area (Å²) < 4.78 is 12.0. The molecule has 94 valence electrons. The fourth-order valence-electron chi connectivity index (χ4n) is 1.65. The van der Waals surface area contributed by atoms with E-state index in [1.165, 1.54) is 0 Å². The van der Waals surface area contributed by atoms with Crippen LogP contribution in [0.25, 0.3) is 0 Å². The Morgan fingerprint density at radius 2 is 1.59 bits per heavy atom. The Kier molecular flexibility index (Phi) is 4.05. The molecule has 0 spiro atoms. The maximum atomic E-state index is 6.00. The minimum absolute atomic E-state index is 0.298. The van der Waals surface area contributed by atoms with E-state index >= 15 is 0 Å². The molecule has 1 heterocycles. The van der Waals surface area contributed by atoms with Crippen molar-refractivity contribution in [1.82, 2.24) is 0 Å². The largest absolute Gasteiger partial charge is 0.494 e. The van der Waals surface area contributed by atoms with Crippen molar-refractivity contribution in [2.45, 2.75) is 52.7 Å². The second-order valence-electron chi connectivity index (χ2n) is 5.58. The normalized spacial score (nSPS) is 23.4. The van der Waals surface area contributed by atoms with Crippen molar-refractivity contribution in [2.75, 3.05) is 0 Å². The molecule has 1 saturated heterocycles. The molecule has 3 heteroatoms. The zero-order chi connectivity index (χ0) is 13.3. The van der Waals surface area contributed by atoms with Gasteiger partial charge >= 0.3 is 7.12 Å². The second-order valence-corrected chi connectivity index (χ2v) is 5.58. The van der Waals surface area contributed by atoms with Crippen LogP contribution in [0.2, 0.25) is 0 Å². The van der Waals surface area contributed by atoms with E-state index in [0.717, 1.165) is 11.0 Å². The monoisotopic (exact) mass is 234 g/mol. The number of allylic oxidation sites excluding steroid dienone is 5. The zero-order valence-electron chi connectivity index (χ0n) is 11.8. The lowest BCUT2D eigenvalue weighted by atomic mass is 9.77. The maximum Gasteiger partial charge on any atom is 0.494 e. The van der Waals surface area contributed by atoms with Crippen LogP contribution >= 0.6 is 0 Å². The van der Waals surface area contributed by atoms with Gasteiger partial charge in [0.05, 0.1) is 11.2 Å². The van der Waals surface area contributed by atoms with Gasteiger partial charge in [-0.2, -0.15) is 0 Å². The van der Waals surface area contributed by atoms with Gasteiger partial charge in [-0.25, -0.2) is 0 Å². The van der Waals surface area contributed by atoms with Crippen molar-refractivity contribution in [3.05, 3.63) is 35.9 Å². The molecule has 0 N–H and O–H groups in total. The topological polar surface area (TPSA) is 18.5 Å². The molecule has 0 saturated carbocycles. The first-order valence-electron chi connectivity index (χ1n) is 6.05. The maximum absolute atomic E-state index is 6.00. The smallest absolute Gasteiger partial charge is 0.399 e. The highest BCUT2D eigenvalue weighted by Crippen LogP contribution is 2.38. The van der Waals surface area contributed by atoms with Gasteiger partial charge in [0.1, 0.15) is 0 Å². The lowest BCUT2D eigenvalue weighted by Gasteiger charge is -2.32. The summed E-state index contributed by atoms with van der Waals surface area (Å²) in [5.74, 6) is 0. The Morgan fingerprint density at radius 1 is 1.12 bits per heavy atom. The van der Waals surface area contributed by atoms with E-state index < -0.39 is 0 Å². The van der Waals surface area contributed by atoms with E-state index in [9.17, 15) is 0 Å². The minimum atomic E-state index is -0.312. The van der Waals surface area contributed by atoms with E-state index in [4.69, 9.17) is 9.31 Å². The SMILES string of the molecule is C=C(C)C=C(C=CC)B1OC(C)(C)C(C)(C)O1. The van der Waals surface area contributed by atoms with Crippen LogP contribution in [0.3, 0.4) is 0 Å². The highest BCUT2D eigenvalue weighted by molar-refractivity contribution is 6.55. The first kappa shape index (κ1) is 14.3. The van der Waals surface area contributed by atoms with E-state index in [-0.39, 0.29) is 18.3 Å². The molecule has 0 aromatic heterocycles. The first-order valence-corrected chi connectivity index (χ1v) is 6.05. The van der Waals surface area contributed by atoms with Crippen LogP contribution in [0.1, 0.15) is 41.5 Å². The van der Waals surface area contributed by atoms with E-state index in [1.54, 1.807) is 0 Å². The Morgan fingerprint density at radius 3 is 1.94 bits per heavy atom. The molecule has 0 aliphatic carbocycles. The second kappa shape index (κ2) is 4.83. The summed E-state index contributed by atoms with van der Waals surface area (Å²) in [5.41, 5.74) is 1.41. The predicted octanol–water partition coefficient (Wildman–Crippen LogP) is 3.70. The molecule has 0 unspecified atom stereocenters. The third-order valence-electron chi connectivity index (χ3n) is 3.30. The third kappa shape index (κ3) is 3.11. The summed E-state index contributed by atoms with van der Waals surface area (Å²) in [6, 6.07) is 0. The van der Waals surface area contributed by atoms with Crippen molar-refractivity contribution >= 4 is 7.12 Å². The first-order chi connectivity index (χ1) is 7.69. The van der Waals surface area contributed by atoms with Crippen LogP contribution in [0.4, 0.5) is 0 Å². The Balaban J connectivity index is 2.98.